The Labute approximate surface area is 195 Å². The fourth-order valence-electron chi connectivity index (χ4n) is 3.74. The third-order valence-electron chi connectivity index (χ3n) is 5.14. The Balaban J connectivity index is 1.92. The molecule has 1 amide bonds. The van der Waals surface area contributed by atoms with Gasteiger partial charge in [0.15, 0.2) is 0 Å². The van der Waals surface area contributed by atoms with E-state index in [0.29, 0.717) is 39.2 Å². The molecule has 162 valence electrons. The summed E-state index contributed by atoms with van der Waals surface area (Å²) in [5, 5.41) is 11.9. The second-order valence-electron chi connectivity index (χ2n) is 7.16. The summed E-state index contributed by atoms with van der Waals surface area (Å²) in [6.07, 6.45) is 0. The van der Waals surface area contributed by atoms with Crippen molar-refractivity contribution >= 4 is 46.3 Å². The summed E-state index contributed by atoms with van der Waals surface area (Å²) in [7, 11) is 0. The molecule has 1 fully saturated rings. The van der Waals surface area contributed by atoms with Crippen LogP contribution in [0.5, 0.6) is 5.75 Å². The average Bonchev–Trinajstić information content (AvgIpc) is 3.04. The predicted octanol–water partition coefficient (Wildman–Crippen LogP) is 6.02. The Morgan fingerprint density at radius 2 is 1.62 bits per heavy atom. The molecule has 1 saturated heterocycles. The van der Waals surface area contributed by atoms with Crippen molar-refractivity contribution in [2.45, 2.75) is 13.0 Å². The van der Waals surface area contributed by atoms with Crippen molar-refractivity contribution in [3.63, 3.8) is 0 Å². The molecule has 0 saturated carbocycles. The number of hydrogen-bond acceptors (Lipinski definition) is 4. The molecule has 1 N–H and O–H groups in total. The van der Waals surface area contributed by atoms with Crippen molar-refractivity contribution < 1.29 is 19.4 Å². The van der Waals surface area contributed by atoms with Gasteiger partial charge in [-0.2, -0.15) is 0 Å². The molecular weight excluding hydrogens is 449 g/mol. The van der Waals surface area contributed by atoms with E-state index >= 15 is 0 Å². The first-order valence-corrected chi connectivity index (χ1v) is 10.7. The SMILES string of the molecule is CCOc1ccc(C2/C(=C(\O)c3cccc(Cl)c3)C(=O)C(=O)N2c2cccc(Cl)c2)cc1. The highest BCUT2D eigenvalue weighted by Crippen LogP contribution is 2.43. The summed E-state index contributed by atoms with van der Waals surface area (Å²) >= 11 is 12.2. The molecule has 3 aromatic carbocycles. The van der Waals surface area contributed by atoms with Gasteiger partial charge in [0.05, 0.1) is 18.2 Å². The Bertz CT molecular complexity index is 1220. The van der Waals surface area contributed by atoms with E-state index in [-0.39, 0.29) is 11.3 Å². The quantitative estimate of drug-likeness (QED) is 0.283. The summed E-state index contributed by atoms with van der Waals surface area (Å²) in [6, 6.07) is 19.4. The minimum atomic E-state index is -0.858. The fourth-order valence-corrected chi connectivity index (χ4v) is 4.12. The van der Waals surface area contributed by atoms with E-state index in [9.17, 15) is 14.7 Å². The summed E-state index contributed by atoms with van der Waals surface area (Å²) < 4.78 is 5.51. The van der Waals surface area contributed by atoms with Crippen LogP contribution in [0.3, 0.4) is 0 Å². The number of ketones is 1. The minimum Gasteiger partial charge on any atom is -0.507 e. The second-order valence-corrected chi connectivity index (χ2v) is 8.03. The van der Waals surface area contributed by atoms with Crippen LogP contribution in [-0.2, 0) is 9.59 Å². The summed E-state index contributed by atoms with van der Waals surface area (Å²) in [6.45, 7) is 2.39. The van der Waals surface area contributed by atoms with Gasteiger partial charge in [-0.25, -0.2) is 0 Å². The van der Waals surface area contributed by atoms with Crippen molar-refractivity contribution in [2.75, 3.05) is 11.5 Å². The number of aliphatic hydroxyl groups is 1. The maximum Gasteiger partial charge on any atom is 0.300 e. The van der Waals surface area contributed by atoms with E-state index in [1.165, 1.54) is 4.90 Å². The highest BCUT2D eigenvalue weighted by Gasteiger charge is 2.47. The number of carbonyl (C=O) groups is 2. The van der Waals surface area contributed by atoms with Crippen LogP contribution in [0.1, 0.15) is 24.1 Å². The largest absolute Gasteiger partial charge is 0.507 e. The standard InChI is InChI=1S/C25H19Cl2NO4/c1-2-32-20-11-9-15(10-12-20)22-21(23(29)16-5-3-6-17(26)13-16)24(30)25(31)28(22)19-8-4-7-18(27)14-19/h3-14,22,29H,2H2,1H3/b23-21+. The number of amides is 1. The minimum absolute atomic E-state index is 0.0265. The normalized spacial score (nSPS) is 17.6. The van der Waals surface area contributed by atoms with Gasteiger partial charge >= 0.3 is 0 Å². The van der Waals surface area contributed by atoms with Crippen LogP contribution >= 0.6 is 23.2 Å². The molecule has 4 rings (SSSR count). The van der Waals surface area contributed by atoms with Gasteiger partial charge < -0.3 is 9.84 Å². The van der Waals surface area contributed by atoms with Crippen LogP contribution in [0.25, 0.3) is 5.76 Å². The molecular formula is C25H19Cl2NO4. The number of hydrogen-bond donors (Lipinski definition) is 1. The number of carbonyl (C=O) groups excluding carboxylic acids is 2. The molecule has 0 aliphatic carbocycles. The van der Waals surface area contributed by atoms with Crippen molar-refractivity contribution in [1.82, 2.24) is 0 Å². The van der Waals surface area contributed by atoms with Crippen LogP contribution < -0.4 is 9.64 Å². The summed E-state index contributed by atoms with van der Waals surface area (Å²) in [5.41, 5.74) is 1.40. The van der Waals surface area contributed by atoms with E-state index < -0.39 is 17.7 Å². The maximum absolute atomic E-state index is 13.1. The topological polar surface area (TPSA) is 66.8 Å². The van der Waals surface area contributed by atoms with Crippen molar-refractivity contribution in [3.05, 3.63) is 99.5 Å². The zero-order valence-corrected chi connectivity index (χ0v) is 18.6. The zero-order valence-electron chi connectivity index (χ0n) is 17.1. The Kier molecular flexibility index (Phi) is 6.21. The number of halogens is 2. The number of ether oxygens (including phenoxy) is 1. The first-order valence-electron chi connectivity index (χ1n) is 9.96. The molecule has 1 heterocycles. The molecule has 5 nitrogen and oxygen atoms in total. The van der Waals surface area contributed by atoms with Crippen LogP contribution in [0.15, 0.2) is 78.4 Å². The van der Waals surface area contributed by atoms with Gasteiger partial charge in [-0.1, -0.05) is 53.5 Å². The predicted molar refractivity (Wildman–Crippen MR) is 125 cm³/mol. The number of nitrogens with zero attached hydrogens (tertiary/aromatic N) is 1. The Hall–Kier alpha value is -3.28. The fraction of sp³-hybridized carbons (Fsp3) is 0.120. The molecule has 1 unspecified atom stereocenters. The van der Waals surface area contributed by atoms with Crippen molar-refractivity contribution in [3.8, 4) is 5.75 Å². The van der Waals surface area contributed by atoms with Gasteiger partial charge in [0.2, 0.25) is 0 Å². The molecule has 0 bridgehead atoms. The third kappa shape index (κ3) is 4.09. The smallest absolute Gasteiger partial charge is 0.300 e. The van der Waals surface area contributed by atoms with E-state index in [2.05, 4.69) is 0 Å². The number of aliphatic hydroxyl groups excluding tert-OH is 1. The van der Waals surface area contributed by atoms with Crippen LogP contribution in [-0.4, -0.2) is 23.4 Å². The maximum atomic E-state index is 13.1. The van der Waals surface area contributed by atoms with E-state index in [1.54, 1.807) is 72.8 Å². The molecule has 0 aromatic heterocycles. The molecule has 0 radical (unpaired) electrons. The van der Waals surface area contributed by atoms with Gasteiger partial charge in [0.25, 0.3) is 11.7 Å². The second kappa shape index (κ2) is 9.07. The van der Waals surface area contributed by atoms with Crippen LogP contribution in [0, 0.1) is 0 Å². The summed E-state index contributed by atoms with van der Waals surface area (Å²) in [5.74, 6) is -1.18. The number of benzene rings is 3. The molecule has 32 heavy (non-hydrogen) atoms. The van der Waals surface area contributed by atoms with Gasteiger partial charge in [0.1, 0.15) is 11.5 Å². The molecule has 1 aliphatic heterocycles. The first kappa shape index (κ1) is 21.9. The van der Waals surface area contributed by atoms with Crippen LogP contribution in [0.2, 0.25) is 10.0 Å². The van der Waals surface area contributed by atoms with Gasteiger partial charge in [-0.3, -0.25) is 14.5 Å². The number of Topliss-reactive ketones (excluding diaryl/α,β-unsaturated/α-hetero) is 1. The van der Waals surface area contributed by atoms with Gasteiger partial charge in [-0.05, 0) is 55.0 Å². The number of anilines is 1. The lowest BCUT2D eigenvalue weighted by molar-refractivity contribution is -0.132. The zero-order chi connectivity index (χ0) is 22.8. The molecule has 1 atom stereocenters. The van der Waals surface area contributed by atoms with Crippen molar-refractivity contribution in [1.29, 1.82) is 0 Å². The Morgan fingerprint density at radius 1 is 0.969 bits per heavy atom. The molecule has 3 aromatic rings. The Morgan fingerprint density at radius 3 is 2.25 bits per heavy atom. The van der Waals surface area contributed by atoms with Crippen LogP contribution in [0.4, 0.5) is 5.69 Å². The van der Waals surface area contributed by atoms with E-state index in [1.807, 2.05) is 6.92 Å². The highest BCUT2D eigenvalue weighted by molar-refractivity contribution is 6.51. The third-order valence-corrected chi connectivity index (χ3v) is 5.61. The summed E-state index contributed by atoms with van der Waals surface area (Å²) in [4.78, 5) is 27.6. The average molecular weight is 468 g/mol. The molecule has 0 spiro atoms. The monoisotopic (exact) mass is 467 g/mol. The van der Waals surface area contributed by atoms with Crippen molar-refractivity contribution in [2.24, 2.45) is 0 Å². The first-order chi connectivity index (χ1) is 15.4. The number of rotatable bonds is 5. The highest BCUT2D eigenvalue weighted by atomic mass is 35.5. The van der Waals surface area contributed by atoms with Gasteiger partial charge in [-0.15, -0.1) is 0 Å². The molecule has 7 heteroatoms. The lowest BCUT2D eigenvalue weighted by Gasteiger charge is -2.25. The van der Waals surface area contributed by atoms with E-state index in [0.717, 1.165) is 0 Å². The molecule has 1 aliphatic rings. The lowest BCUT2D eigenvalue weighted by atomic mass is 9.95. The van der Waals surface area contributed by atoms with E-state index in [4.69, 9.17) is 27.9 Å². The van der Waals surface area contributed by atoms with Gasteiger partial charge in [0, 0.05) is 21.3 Å². The lowest BCUT2D eigenvalue weighted by Crippen LogP contribution is -2.29.